The molecule has 31 heavy (non-hydrogen) atoms. The van der Waals surface area contributed by atoms with Gasteiger partial charge in [0.15, 0.2) is 0 Å². The summed E-state index contributed by atoms with van der Waals surface area (Å²) in [7, 11) is -2.77. The molecule has 10 heteroatoms. The Kier molecular flexibility index (Phi) is 6.02. The minimum atomic E-state index is -4.09. The normalized spacial score (nSPS) is 11.2. The Hall–Kier alpha value is -3.79. The predicted octanol–water partition coefficient (Wildman–Crippen LogP) is 2.92. The van der Waals surface area contributed by atoms with Gasteiger partial charge in [0.05, 0.1) is 13.5 Å². The fourth-order valence-corrected chi connectivity index (χ4v) is 4.45. The van der Waals surface area contributed by atoms with Crippen LogP contribution < -0.4 is 9.46 Å². The number of hydrogen-bond acceptors (Lipinski definition) is 5. The number of aryl methyl sites for hydroxylation is 1. The summed E-state index contributed by atoms with van der Waals surface area (Å²) in [6.45, 7) is 1.73. The molecule has 0 atom stereocenters. The number of methoxy groups -OCH3 is 1. The molecule has 0 unspecified atom stereocenters. The number of aromatic carboxylic acids is 1. The van der Waals surface area contributed by atoms with Crippen LogP contribution in [0.25, 0.3) is 5.69 Å². The minimum Gasteiger partial charge on any atom is -0.495 e. The molecular formula is C21H20N2O7S. The number of sulfonamides is 1. The molecule has 3 N–H and O–H groups in total. The number of nitrogens with zero attached hydrogens (tertiary/aromatic N) is 1. The second kappa shape index (κ2) is 8.52. The molecule has 0 bridgehead atoms. The second-order valence-electron chi connectivity index (χ2n) is 6.73. The maximum absolute atomic E-state index is 13.0. The highest BCUT2D eigenvalue weighted by Gasteiger charge is 2.21. The van der Waals surface area contributed by atoms with Gasteiger partial charge in [-0.05, 0) is 60.5 Å². The van der Waals surface area contributed by atoms with Crippen molar-refractivity contribution in [1.82, 2.24) is 4.57 Å². The van der Waals surface area contributed by atoms with Gasteiger partial charge in [0.2, 0.25) is 0 Å². The van der Waals surface area contributed by atoms with Crippen LogP contribution in [0.2, 0.25) is 0 Å². The van der Waals surface area contributed by atoms with Gasteiger partial charge in [-0.1, -0.05) is 6.07 Å². The third kappa shape index (κ3) is 4.69. The van der Waals surface area contributed by atoms with Crippen molar-refractivity contribution in [2.75, 3.05) is 11.8 Å². The van der Waals surface area contributed by atoms with Crippen molar-refractivity contribution in [1.29, 1.82) is 0 Å². The number of ether oxygens (including phenoxy) is 1. The summed E-state index contributed by atoms with van der Waals surface area (Å²) < 4.78 is 35.0. The summed E-state index contributed by atoms with van der Waals surface area (Å²) in [6.07, 6.45) is 1.28. The van der Waals surface area contributed by atoms with Gasteiger partial charge in [0.25, 0.3) is 10.0 Å². The van der Waals surface area contributed by atoms with E-state index in [9.17, 15) is 23.1 Å². The van der Waals surface area contributed by atoms with Crippen LogP contribution in [0.15, 0.2) is 59.6 Å². The zero-order chi connectivity index (χ0) is 22.8. The molecule has 0 spiro atoms. The number of carboxylic acid groups (broad SMARTS) is 2. The van der Waals surface area contributed by atoms with Gasteiger partial charge in [-0.3, -0.25) is 9.52 Å². The molecule has 0 aliphatic rings. The molecule has 0 saturated carbocycles. The van der Waals surface area contributed by atoms with Crippen molar-refractivity contribution in [3.05, 3.63) is 71.5 Å². The lowest BCUT2D eigenvalue weighted by atomic mass is 10.1. The Morgan fingerprint density at radius 2 is 1.84 bits per heavy atom. The van der Waals surface area contributed by atoms with Crippen LogP contribution in [0.3, 0.4) is 0 Å². The fourth-order valence-electron chi connectivity index (χ4n) is 3.18. The van der Waals surface area contributed by atoms with E-state index in [0.717, 1.165) is 0 Å². The van der Waals surface area contributed by atoms with Crippen LogP contribution in [0.4, 0.5) is 5.69 Å². The minimum absolute atomic E-state index is 0.0772. The van der Waals surface area contributed by atoms with Crippen LogP contribution in [0.5, 0.6) is 5.75 Å². The third-order valence-electron chi connectivity index (χ3n) is 4.55. The Bertz CT molecular complexity index is 1260. The molecule has 162 valence electrons. The first-order valence-electron chi connectivity index (χ1n) is 9.05. The van der Waals surface area contributed by atoms with Crippen LogP contribution in [-0.2, 0) is 21.2 Å². The zero-order valence-electron chi connectivity index (χ0n) is 16.7. The quantitative estimate of drug-likeness (QED) is 0.486. The first-order chi connectivity index (χ1) is 14.6. The highest BCUT2D eigenvalue weighted by atomic mass is 32.2. The van der Waals surface area contributed by atoms with E-state index in [-0.39, 0.29) is 28.4 Å². The Morgan fingerprint density at radius 1 is 1.10 bits per heavy atom. The summed E-state index contributed by atoms with van der Waals surface area (Å²) >= 11 is 0. The molecular weight excluding hydrogens is 424 g/mol. The largest absolute Gasteiger partial charge is 0.495 e. The van der Waals surface area contributed by atoms with E-state index in [1.807, 2.05) is 0 Å². The monoisotopic (exact) mass is 444 g/mol. The molecule has 0 aliphatic carbocycles. The summed E-state index contributed by atoms with van der Waals surface area (Å²) in [5, 5.41) is 18.3. The summed E-state index contributed by atoms with van der Waals surface area (Å²) in [5.74, 6) is -2.09. The molecule has 0 radical (unpaired) electrons. The van der Waals surface area contributed by atoms with Crippen molar-refractivity contribution >= 4 is 27.6 Å². The standard InChI is InChI=1S/C21H20N2O7S/c1-13-10-15(6-7-16(13)23-9-3-4-17(23)21(26)27)22-31(28,29)19-11-14(12-20(24)25)5-8-18(19)30-2/h3-11,22H,12H2,1-2H3,(H,24,25)(H,26,27). The zero-order valence-corrected chi connectivity index (χ0v) is 17.5. The SMILES string of the molecule is COc1ccc(CC(=O)O)cc1S(=O)(=O)Nc1ccc(-n2cccc2C(=O)O)c(C)c1. The number of benzene rings is 2. The molecule has 3 rings (SSSR count). The van der Waals surface area contributed by atoms with Crippen LogP contribution in [0, 0.1) is 6.92 Å². The van der Waals surface area contributed by atoms with Gasteiger partial charge in [-0.2, -0.15) is 0 Å². The fraction of sp³-hybridized carbons (Fsp3) is 0.143. The highest BCUT2D eigenvalue weighted by Crippen LogP contribution is 2.28. The molecule has 0 aliphatic heterocycles. The first-order valence-corrected chi connectivity index (χ1v) is 10.5. The van der Waals surface area contributed by atoms with Gasteiger partial charge < -0.3 is 19.5 Å². The lowest BCUT2D eigenvalue weighted by Gasteiger charge is -2.15. The molecule has 1 aromatic heterocycles. The van der Waals surface area contributed by atoms with Crippen molar-refractivity contribution < 1.29 is 33.0 Å². The molecule has 0 amide bonds. The average molecular weight is 444 g/mol. The number of carboxylic acids is 2. The molecule has 3 aromatic rings. The Morgan fingerprint density at radius 3 is 2.45 bits per heavy atom. The second-order valence-corrected chi connectivity index (χ2v) is 8.38. The van der Waals surface area contributed by atoms with E-state index in [0.29, 0.717) is 16.8 Å². The van der Waals surface area contributed by atoms with Crippen LogP contribution in [-0.4, -0.2) is 42.2 Å². The van der Waals surface area contributed by atoms with Crippen LogP contribution >= 0.6 is 0 Å². The number of carbonyl (C=O) groups is 2. The van der Waals surface area contributed by atoms with E-state index < -0.39 is 22.0 Å². The number of hydrogen-bond donors (Lipinski definition) is 3. The number of aliphatic carboxylic acids is 1. The van der Waals surface area contributed by atoms with Crippen LogP contribution in [0.1, 0.15) is 21.6 Å². The average Bonchev–Trinajstić information content (AvgIpc) is 3.17. The Balaban J connectivity index is 1.95. The van der Waals surface area contributed by atoms with E-state index in [1.54, 1.807) is 31.3 Å². The lowest BCUT2D eigenvalue weighted by molar-refractivity contribution is -0.136. The third-order valence-corrected chi connectivity index (χ3v) is 5.95. The van der Waals surface area contributed by atoms with E-state index in [2.05, 4.69) is 4.72 Å². The maximum Gasteiger partial charge on any atom is 0.352 e. The van der Waals surface area contributed by atoms with Gasteiger partial charge in [0.1, 0.15) is 16.3 Å². The molecule has 2 aromatic carbocycles. The van der Waals surface area contributed by atoms with Gasteiger partial charge >= 0.3 is 11.9 Å². The molecule has 0 saturated heterocycles. The molecule has 0 fully saturated rings. The lowest BCUT2D eigenvalue weighted by Crippen LogP contribution is -2.15. The van der Waals surface area contributed by atoms with Gasteiger partial charge in [-0.25, -0.2) is 13.2 Å². The number of nitrogens with one attached hydrogen (secondary N) is 1. The van der Waals surface area contributed by atoms with Gasteiger partial charge in [-0.15, -0.1) is 0 Å². The highest BCUT2D eigenvalue weighted by molar-refractivity contribution is 7.92. The van der Waals surface area contributed by atoms with E-state index >= 15 is 0 Å². The van der Waals surface area contributed by atoms with E-state index in [1.165, 1.54) is 42.0 Å². The summed E-state index contributed by atoms with van der Waals surface area (Å²) in [6, 6.07) is 11.9. The number of anilines is 1. The van der Waals surface area contributed by atoms with Crippen molar-refractivity contribution in [3.8, 4) is 11.4 Å². The van der Waals surface area contributed by atoms with Gasteiger partial charge in [0, 0.05) is 17.6 Å². The predicted molar refractivity (Wildman–Crippen MR) is 113 cm³/mol. The smallest absolute Gasteiger partial charge is 0.352 e. The van der Waals surface area contributed by atoms with Crippen molar-refractivity contribution in [2.24, 2.45) is 0 Å². The topological polar surface area (TPSA) is 135 Å². The Labute approximate surface area is 178 Å². The van der Waals surface area contributed by atoms with E-state index in [4.69, 9.17) is 9.84 Å². The summed E-state index contributed by atoms with van der Waals surface area (Å²) in [5.41, 5.74) is 1.89. The maximum atomic E-state index is 13.0. The number of aromatic nitrogens is 1. The van der Waals surface area contributed by atoms with Crippen molar-refractivity contribution in [3.63, 3.8) is 0 Å². The molecule has 9 nitrogen and oxygen atoms in total. The first kappa shape index (κ1) is 21.9. The number of rotatable bonds is 8. The van der Waals surface area contributed by atoms with Crippen molar-refractivity contribution in [2.45, 2.75) is 18.2 Å². The molecule has 1 heterocycles. The summed E-state index contributed by atoms with van der Waals surface area (Å²) in [4.78, 5) is 22.2.